The summed E-state index contributed by atoms with van der Waals surface area (Å²) in [5, 5.41) is 7.11. The summed E-state index contributed by atoms with van der Waals surface area (Å²) in [5.74, 6) is 0.645. The van der Waals surface area contributed by atoms with Crippen molar-refractivity contribution < 1.29 is 4.79 Å². The largest absolute Gasteiger partial charge is 0.338 e. The van der Waals surface area contributed by atoms with Gasteiger partial charge in [0.05, 0.1) is 16.7 Å². The molecule has 0 aliphatic heterocycles. The van der Waals surface area contributed by atoms with Gasteiger partial charge in [-0.1, -0.05) is 12.1 Å². The number of nitrogens with one attached hydrogen (secondary N) is 2. The normalized spacial score (nSPS) is 10.9. The number of carbonyl (C=O) groups excluding carboxylic acids is 1. The van der Waals surface area contributed by atoms with E-state index in [0.717, 1.165) is 33.8 Å². The van der Waals surface area contributed by atoms with Gasteiger partial charge in [0.25, 0.3) is 5.91 Å². The van der Waals surface area contributed by atoms with Gasteiger partial charge in [-0.25, -0.2) is 9.67 Å². The van der Waals surface area contributed by atoms with Crippen molar-refractivity contribution in [3.8, 4) is 17.1 Å². The van der Waals surface area contributed by atoms with Gasteiger partial charge in [0, 0.05) is 29.2 Å². The van der Waals surface area contributed by atoms with E-state index in [1.54, 1.807) is 23.0 Å². The van der Waals surface area contributed by atoms with Crippen molar-refractivity contribution in [1.29, 1.82) is 0 Å². The molecule has 0 saturated heterocycles. The van der Waals surface area contributed by atoms with E-state index in [0.29, 0.717) is 5.56 Å². The van der Waals surface area contributed by atoms with Crippen molar-refractivity contribution in [2.75, 3.05) is 5.32 Å². The minimum Gasteiger partial charge on any atom is -0.338 e. The Morgan fingerprint density at radius 1 is 0.897 bits per heavy atom. The van der Waals surface area contributed by atoms with Crippen molar-refractivity contribution in [3.63, 3.8) is 0 Å². The van der Waals surface area contributed by atoms with Crippen LogP contribution in [0.4, 0.5) is 5.69 Å². The van der Waals surface area contributed by atoms with Crippen LogP contribution < -0.4 is 5.32 Å². The van der Waals surface area contributed by atoms with E-state index in [4.69, 9.17) is 0 Å². The molecule has 6 heteroatoms. The highest BCUT2D eigenvalue weighted by atomic mass is 16.1. The second-order valence-electron chi connectivity index (χ2n) is 6.63. The zero-order valence-corrected chi connectivity index (χ0v) is 15.4. The van der Waals surface area contributed by atoms with Crippen LogP contribution in [0.2, 0.25) is 0 Å². The number of H-pyrrole nitrogens is 1. The zero-order chi connectivity index (χ0) is 19.6. The van der Waals surface area contributed by atoms with Gasteiger partial charge < -0.3 is 10.3 Å². The predicted molar refractivity (Wildman–Crippen MR) is 113 cm³/mol. The number of nitrogens with zero attached hydrogens (tertiary/aromatic N) is 3. The van der Waals surface area contributed by atoms with Crippen molar-refractivity contribution in [1.82, 2.24) is 19.7 Å². The summed E-state index contributed by atoms with van der Waals surface area (Å²) >= 11 is 0. The maximum absolute atomic E-state index is 12.5. The van der Waals surface area contributed by atoms with E-state index in [9.17, 15) is 4.79 Å². The molecule has 0 saturated carbocycles. The van der Waals surface area contributed by atoms with Gasteiger partial charge in [0.15, 0.2) is 0 Å². The molecule has 0 atom stereocenters. The molecule has 1 amide bonds. The van der Waals surface area contributed by atoms with Gasteiger partial charge in [0.1, 0.15) is 5.82 Å². The summed E-state index contributed by atoms with van der Waals surface area (Å²) in [6.45, 7) is 0. The van der Waals surface area contributed by atoms with Gasteiger partial charge >= 0.3 is 0 Å². The Labute approximate surface area is 166 Å². The van der Waals surface area contributed by atoms with Crippen LogP contribution in [0, 0.1) is 0 Å². The lowest BCUT2D eigenvalue weighted by Crippen LogP contribution is -2.11. The van der Waals surface area contributed by atoms with Gasteiger partial charge in [-0.2, -0.15) is 5.10 Å². The molecular weight excluding hydrogens is 362 g/mol. The third kappa shape index (κ3) is 3.39. The molecule has 2 aromatic heterocycles. The summed E-state index contributed by atoms with van der Waals surface area (Å²) in [6.07, 6.45) is 3.58. The lowest BCUT2D eigenvalue weighted by Gasteiger charge is -2.07. The fourth-order valence-electron chi connectivity index (χ4n) is 3.19. The van der Waals surface area contributed by atoms with Gasteiger partial charge in [-0.05, 0) is 66.7 Å². The minimum atomic E-state index is -0.159. The maximum Gasteiger partial charge on any atom is 0.255 e. The third-order valence-corrected chi connectivity index (χ3v) is 4.70. The van der Waals surface area contributed by atoms with Crippen LogP contribution in [0.25, 0.3) is 28.1 Å². The van der Waals surface area contributed by atoms with E-state index in [-0.39, 0.29) is 5.91 Å². The topological polar surface area (TPSA) is 75.6 Å². The molecular formula is C23H17N5O. The summed E-state index contributed by atoms with van der Waals surface area (Å²) in [4.78, 5) is 20.4. The van der Waals surface area contributed by atoms with Crippen LogP contribution in [0.1, 0.15) is 10.4 Å². The monoisotopic (exact) mass is 379 g/mol. The highest BCUT2D eigenvalue weighted by Crippen LogP contribution is 2.22. The molecule has 6 nitrogen and oxygen atoms in total. The van der Waals surface area contributed by atoms with E-state index < -0.39 is 0 Å². The number of para-hydroxylation sites is 2. The zero-order valence-electron chi connectivity index (χ0n) is 15.4. The fourth-order valence-corrected chi connectivity index (χ4v) is 3.19. The number of aromatic amines is 1. The maximum atomic E-state index is 12.5. The highest BCUT2D eigenvalue weighted by Gasteiger charge is 2.08. The molecule has 5 rings (SSSR count). The van der Waals surface area contributed by atoms with Crippen LogP contribution in [0.5, 0.6) is 0 Å². The molecule has 0 aliphatic rings. The molecule has 29 heavy (non-hydrogen) atoms. The molecule has 5 aromatic rings. The second kappa shape index (κ2) is 7.09. The van der Waals surface area contributed by atoms with Crippen LogP contribution >= 0.6 is 0 Å². The lowest BCUT2D eigenvalue weighted by atomic mass is 10.1. The van der Waals surface area contributed by atoms with Gasteiger partial charge in [-0.15, -0.1) is 0 Å². The molecule has 0 aliphatic carbocycles. The Morgan fingerprint density at radius 3 is 2.41 bits per heavy atom. The van der Waals surface area contributed by atoms with Crippen LogP contribution in [0.3, 0.4) is 0 Å². The molecule has 3 aromatic carbocycles. The smallest absolute Gasteiger partial charge is 0.255 e. The van der Waals surface area contributed by atoms with E-state index in [1.807, 2.05) is 72.9 Å². The first-order valence-corrected chi connectivity index (χ1v) is 9.23. The summed E-state index contributed by atoms with van der Waals surface area (Å²) in [6, 6.07) is 24.7. The SMILES string of the molecule is O=C(Nc1ccc(-c2nc3ccccc3[nH]2)cc1)c1ccc(-n2cccn2)cc1. The Hall–Kier alpha value is -4.19. The molecule has 2 N–H and O–H groups in total. The van der Waals surface area contributed by atoms with E-state index >= 15 is 0 Å². The Bertz CT molecular complexity index is 1240. The van der Waals surface area contributed by atoms with Crippen LogP contribution in [-0.2, 0) is 0 Å². The van der Waals surface area contributed by atoms with Crippen LogP contribution in [-0.4, -0.2) is 25.7 Å². The number of hydrogen-bond donors (Lipinski definition) is 2. The van der Waals surface area contributed by atoms with Crippen molar-refractivity contribution in [3.05, 3.63) is 96.8 Å². The first-order valence-electron chi connectivity index (χ1n) is 9.23. The number of anilines is 1. The molecule has 2 heterocycles. The number of rotatable bonds is 4. The second-order valence-corrected chi connectivity index (χ2v) is 6.63. The molecule has 140 valence electrons. The molecule has 0 bridgehead atoms. The third-order valence-electron chi connectivity index (χ3n) is 4.70. The Morgan fingerprint density at radius 2 is 1.69 bits per heavy atom. The van der Waals surface area contributed by atoms with Crippen LogP contribution in [0.15, 0.2) is 91.3 Å². The van der Waals surface area contributed by atoms with Gasteiger partial charge in [-0.3, -0.25) is 4.79 Å². The quantitative estimate of drug-likeness (QED) is 0.476. The fraction of sp³-hybridized carbons (Fsp3) is 0. The summed E-state index contributed by atoms with van der Waals surface area (Å²) in [5.41, 5.74) is 5.11. The van der Waals surface area contributed by atoms with Gasteiger partial charge in [0.2, 0.25) is 0 Å². The first kappa shape index (κ1) is 16.9. The van der Waals surface area contributed by atoms with Crippen molar-refractivity contribution >= 4 is 22.6 Å². The Kier molecular flexibility index (Phi) is 4.14. The summed E-state index contributed by atoms with van der Waals surface area (Å²) < 4.78 is 1.75. The Balaban J connectivity index is 1.31. The number of carbonyl (C=O) groups is 1. The minimum absolute atomic E-state index is 0.159. The standard InChI is InChI=1S/C23H17N5O/c29-23(17-8-12-19(13-9-17)28-15-3-14-24-28)25-18-10-6-16(7-11-18)22-26-20-4-1-2-5-21(20)27-22/h1-15H,(H,25,29)(H,26,27). The van der Waals surface area contributed by atoms with E-state index in [2.05, 4.69) is 20.4 Å². The number of benzene rings is 3. The van der Waals surface area contributed by atoms with Crippen molar-refractivity contribution in [2.24, 2.45) is 0 Å². The number of fused-ring (bicyclic) bond motifs is 1. The molecule has 0 spiro atoms. The molecule has 0 radical (unpaired) electrons. The molecule has 0 fully saturated rings. The van der Waals surface area contributed by atoms with Crippen molar-refractivity contribution in [2.45, 2.75) is 0 Å². The summed E-state index contributed by atoms with van der Waals surface area (Å²) in [7, 11) is 0. The average molecular weight is 379 g/mol. The highest BCUT2D eigenvalue weighted by molar-refractivity contribution is 6.04. The lowest BCUT2D eigenvalue weighted by molar-refractivity contribution is 0.102. The molecule has 0 unspecified atom stereocenters. The first-order chi connectivity index (χ1) is 14.3. The predicted octanol–water partition coefficient (Wildman–Crippen LogP) is 4.67. The van der Waals surface area contributed by atoms with E-state index in [1.165, 1.54) is 0 Å². The number of imidazole rings is 1. The average Bonchev–Trinajstić information content (AvgIpc) is 3.44. The number of aromatic nitrogens is 4. The number of amides is 1. The number of hydrogen-bond acceptors (Lipinski definition) is 3.